The summed E-state index contributed by atoms with van der Waals surface area (Å²) in [5.74, 6) is 1.64. The number of carbonyl (C=O) groups excluding carboxylic acids is 3. The van der Waals surface area contributed by atoms with Gasteiger partial charge in [0.15, 0.2) is 0 Å². The minimum atomic E-state index is -0.548. The van der Waals surface area contributed by atoms with Crippen LogP contribution in [0.2, 0.25) is 5.02 Å². The smallest absolute Gasteiger partial charge is 0.410 e. The summed E-state index contributed by atoms with van der Waals surface area (Å²) in [4.78, 5) is 57.9. The number of amides is 4. The van der Waals surface area contributed by atoms with Crippen molar-refractivity contribution >= 4 is 52.6 Å². The zero-order chi connectivity index (χ0) is 42.0. The number of rotatable bonds is 10. The van der Waals surface area contributed by atoms with E-state index < -0.39 is 5.60 Å². The number of likely N-dealkylation sites (tertiary alicyclic amines) is 1. The van der Waals surface area contributed by atoms with Crippen molar-refractivity contribution in [2.45, 2.75) is 84.0 Å². The molecule has 0 unspecified atom stereocenters. The highest BCUT2D eigenvalue weighted by Gasteiger charge is 2.34. The second-order valence-corrected chi connectivity index (χ2v) is 17.7. The second kappa shape index (κ2) is 17.7. The van der Waals surface area contributed by atoms with Crippen LogP contribution in [-0.2, 0) is 29.0 Å². The van der Waals surface area contributed by atoms with E-state index in [4.69, 9.17) is 31.2 Å². The van der Waals surface area contributed by atoms with Gasteiger partial charge < -0.3 is 29.5 Å². The molecular formula is C44H55ClN10O5. The number of halogens is 1. The number of hydrogen-bond acceptors (Lipinski definition) is 11. The molecule has 0 saturated carbocycles. The zero-order valence-corrected chi connectivity index (χ0v) is 35.7. The van der Waals surface area contributed by atoms with E-state index >= 15 is 0 Å². The molecule has 0 atom stereocenters. The number of carbonyl (C=O) groups is 3. The first-order valence-corrected chi connectivity index (χ1v) is 21.4. The fourth-order valence-electron chi connectivity index (χ4n) is 8.58. The van der Waals surface area contributed by atoms with Crippen molar-refractivity contribution in [3.05, 3.63) is 82.9 Å². The minimum Gasteiger partial charge on any atom is -0.497 e. The Balaban J connectivity index is 0.783. The number of piperidine rings is 2. The van der Waals surface area contributed by atoms with E-state index in [1.165, 1.54) is 4.90 Å². The van der Waals surface area contributed by atoms with Crippen molar-refractivity contribution in [1.82, 2.24) is 34.4 Å². The number of anilines is 4. The fraction of sp³-hybridized carbons (Fsp3) is 0.500. The number of imide groups is 1. The molecule has 318 valence electrons. The van der Waals surface area contributed by atoms with Gasteiger partial charge in [0, 0.05) is 70.3 Å². The van der Waals surface area contributed by atoms with Gasteiger partial charge in [0.2, 0.25) is 11.9 Å². The van der Waals surface area contributed by atoms with Crippen molar-refractivity contribution < 1.29 is 23.9 Å². The quantitative estimate of drug-likeness (QED) is 0.172. The van der Waals surface area contributed by atoms with Crippen LogP contribution in [0.3, 0.4) is 0 Å². The van der Waals surface area contributed by atoms with Gasteiger partial charge in [-0.1, -0.05) is 23.7 Å². The van der Waals surface area contributed by atoms with E-state index in [1.54, 1.807) is 16.9 Å². The Morgan fingerprint density at radius 1 is 0.933 bits per heavy atom. The number of aromatic nitrogens is 4. The number of fused-ring (bicyclic) bond motifs is 1. The molecule has 4 amide bonds. The summed E-state index contributed by atoms with van der Waals surface area (Å²) in [7, 11) is 1.60. The first-order valence-electron chi connectivity index (χ1n) is 21.0. The number of ether oxygens (including phenoxy) is 2. The van der Waals surface area contributed by atoms with Crippen LogP contribution in [-0.4, -0.2) is 111 Å². The number of nitrogens with one attached hydrogen (secondary N) is 1. The summed E-state index contributed by atoms with van der Waals surface area (Å²) in [6.45, 7) is 12.1. The van der Waals surface area contributed by atoms with Gasteiger partial charge in [-0.3, -0.25) is 19.3 Å². The standard InChI is InChI=1S/C44H55ClN10O5/c1-44(2,3)60-43(58)52-21-13-32-24-46-41(49-38(32)29-52)48-33-25-47-55(28-33)34-14-17-50(18-15-34)26-31-11-19-51(20-12-31)35-7-10-39(37(45)23-35)53-22-16-40(56)54(42(53)57)27-30-5-8-36(59-4)9-6-30/h5-10,23-25,28,31,34H,11-22,26-27,29H2,1-4H3,(H,46,48,49). The number of nitrogens with zero attached hydrogens (tertiary/aromatic N) is 9. The van der Waals surface area contributed by atoms with Crippen molar-refractivity contribution in [2.24, 2.45) is 5.92 Å². The van der Waals surface area contributed by atoms with E-state index in [0.717, 1.165) is 92.4 Å². The Morgan fingerprint density at radius 3 is 2.42 bits per heavy atom. The molecule has 0 radical (unpaired) electrons. The van der Waals surface area contributed by atoms with Crippen molar-refractivity contribution in [2.75, 3.05) is 68.0 Å². The van der Waals surface area contributed by atoms with Gasteiger partial charge in [0.25, 0.3) is 0 Å². The Labute approximate surface area is 356 Å². The Hall–Kier alpha value is -5.41. The lowest BCUT2D eigenvalue weighted by Crippen LogP contribution is -2.52. The van der Waals surface area contributed by atoms with Gasteiger partial charge in [-0.25, -0.2) is 19.6 Å². The van der Waals surface area contributed by atoms with Crippen LogP contribution in [0.4, 0.5) is 32.6 Å². The predicted octanol–water partition coefficient (Wildman–Crippen LogP) is 7.28. The molecular weight excluding hydrogens is 784 g/mol. The van der Waals surface area contributed by atoms with E-state index in [-0.39, 0.29) is 31.0 Å². The molecule has 2 aromatic carbocycles. The van der Waals surface area contributed by atoms with Crippen LogP contribution in [0.15, 0.2) is 61.1 Å². The average molecular weight is 839 g/mol. The van der Waals surface area contributed by atoms with Crippen molar-refractivity contribution in [3.8, 4) is 5.75 Å². The highest BCUT2D eigenvalue weighted by Crippen LogP contribution is 2.35. The monoisotopic (exact) mass is 838 g/mol. The highest BCUT2D eigenvalue weighted by molar-refractivity contribution is 6.34. The molecule has 6 heterocycles. The van der Waals surface area contributed by atoms with Crippen LogP contribution in [0.5, 0.6) is 5.75 Å². The molecule has 8 rings (SSSR count). The third-order valence-corrected chi connectivity index (χ3v) is 12.2. The van der Waals surface area contributed by atoms with Crippen LogP contribution < -0.4 is 19.9 Å². The largest absolute Gasteiger partial charge is 0.497 e. The predicted molar refractivity (Wildman–Crippen MR) is 230 cm³/mol. The van der Waals surface area contributed by atoms with Gasteiger partial charge in [-0.2, -0.15) is 5.10 Å². The van der Waals surface area contributed by atoms with E-state index in [2.05, 4.69) is 24.8 Å². The van der Waals surface area contributed by atoms with E-state index in [0.29, 0.717) is 54.7 Å². The summed E-state index contributed by atoms with van der Waals surface area (Å²) < 4.78 is 12.9. The number of methoxy groups -OCH3 is 1. The first-order chi connectivity index (χ1) is 28.9. The fourth-order valence-corrected chi connectivity index (χ4v) is 8.85. The maximum absolute atomic E-state index is 13.6. The lowest BCUT2D eigenvalue weighted by molar-refractivity contribution is -0.129. The minimum absolute atomic E-state index is 0.192. The lowest BCUT2D eigenvalue weighted by Gasteiger charge is -2.38. The van der Waals surface area contributed by atoms with Crippen molar-refractivity contribution in [3.63, 3.8) is 0 Å². The highest BCUT2D eigenvalue weighted by atomic mass is 35.5. The SMILES string of the molecule is COc1ccc(CN2C(=O)CCN(c3ccc(N4CCC(CN5CCC(n6cc(Nc7ncc8c(n7)CN(C(=O)OC(C)(C)C)CC8)cn6)CC5)CC4)cc3Cl)C2=O)cc1. The molecule has 16 heteroatoms. The van der Waals surface area contributed by atoms with Crippen LogP contribution in [0, 0.1) is 5.92 Å². The maximum atomic E-state index is 13.6. The van der Waals surface area contributed by atoms with Gasteiger partial charge in [-0.05, 0) is 100 Å². The molecule has 0 aliphatic carbocycles. The summed E-state index contributed by atoms with van der Waals surface area (Å²) in [5, 5.41) is 8.52. The summed E-state index contributed by atoms with van der Waals surface area (Å²) in [5.41, 5.74) is 4.69. The second-order valence-electron chi connectivity index (χ2n) is 17.3. The van der Waals surface area contributed by atoms with Crippen LogP contribution in [0.1, 0.15) is 75.7 Å². The number of benzene rings is 2. The number of urea groups is 1. The first kappa shape index (κ1) is 41.3. The summed E-state index contributed by atoms with van der Waals surface area (Å²) >= 11 is 6.85. The molecule has 3 saturated heterocycles. The summed E-state index contributed by atoms with van der Waals surface area (Å²) in [6.07, 6.45) is 10.6. The maximum Gasteiger partial charge on any atom is 0.410 e. The van der Waals surface area contributed by atoms with Crippen molar-refractivity contribution in [1.29, 1.82) is 0 Å². The van der Waals surface area contributed by atoms with Crippen LogP contribution in [0.25, 0.3) is 0 Å². The molecule has 0 spiro atoms. The molecule has 4 aromatic rings. The normalized spacial score (nSPS) is 18.5. The molecule has 4 aliphatic heterocycles. The third kappa shape index (κ3) is 9.63. The van der Waals surface area contributed by atoms with Gasteiger partial charge in [-0.15, -0.1) is 0 Å². The Morgan fingerprint density at radius 2 is 1.70 bits per heavy atom. The van der Waals surface area contributed by atoms with Crippen LogP contribution >= 0.6 is 11.6 Å². The van der Waals surface area contributed by atoms with Gasteiger partial charge in [0.05, 0.1) is 54.5 Å². The third-order valence-electron chi connectivity index (χ3n) is 11.9. The topological polar surface area (TPSA) is 142 Å². The molecule has 1 N–H and O–H groups in total. The average Bonchev–Trinajstić information content (AvgIpc) is 3.71. The zero-order valence-electron chi connectivity index (χ0n) is 35.0. The number of hydrogen-bond donors (Lipinski definition) is 1. The van der Waals surface area contributed by atoms with E-state index in [1.807, 2.05) is 81.8 Å². The lowest BCUT2D eigenvalue weighted by atomic mass is 9.94. The molecule has 3 fully saturated rings. The molecule has 4 aliphatic rings. The Kier molecular flexibility index (Phi) is 12.2. The van der Waals surface area contributed by atoms with E-state index in [9.17, 15) is 14.4 Å². The molecule has 0 bridgehead atoms. The Bertz CT molecular complexity index is 2180. The molecule has 2 aromatic heterocycles. The van der Waals surface area contributed by atoms with Gasteiger partial charge >= 0.3 is 12.1 Å². The summed E-state index contributed by atoms with van der Waals surface area (Å²) in [6, 6.07) is 13.3. The molecule has 60 heavy (non-hydrogen) atoms. The molecule has 15 nitrogen and oxygen atoms in total. The van der Waals surface area contributed by atoms with Gasteiger partial charge in [0.1, 0.15) is 11.4 Å².